The summed E-state index contributed by atoms with van der Waals surface area (Å²) >= 11 is 1.48. The average molecular weight is 495 g/mol. The van der Waals surface area contributed by atoms with Crippen LogP contribution in [-0.2, 0) is 17.1 Å². The van der Waals surface area contributed by atoms with Crippen LogP contribution in [0.3, 0.4) is 0 Å². The Kier molecular flexibility index (Phi) is 6.36. The molecule has 0 aromatic heterocycles. The summed E-state index contributed by atoms with van der Waals surface area (Å²) in [5.74, 6) is 0. The van der Waals surface area contributed by atoms with Crippen molar-refractivity contribution in [2.75, 3.05) is 0 Å². The van der Waals surface area contributed by atoms with Crippen LogP contribution in [0.25, 0.3) is 10.8 Å². The van der Waals surface area contributed by atoms with Crippen LogP contribution in [-0.4, -0.2) is 22.5 Å². The van der Waals surface area contributed by atoms with E-state index in [0.29, 0.717) is 0 Å². The summed E-state index contributed by atoms with van der Waals surface area (Å²) < 4.78 is 1.45. The Hall–Kier alpha value is -1.11. The molecule has 0 bridgehead atoms. The second-order valence-corrected chi connectivity index (χ2v) is 9.80. The van der Waals surface area contributed by atoms with E-state index in [-0.39, 0.29) is 17.1 Å². The molecule has 124 valence electrons. The van der Waals surface area contributed by atoms with E-state index < -0.39 is 7.92 Å². The van der Waals surface area contributed by atoms with Gasteiger partial charge < -0.3 is 0 Å². The number of hydrogen-bond acceptors (Lipinski definition) is 0. The molecule has 0 saturated heterocycles. The second kappa shape index (κ2) is 8.51. The maximum absolute atomic E-state index is 2.34. The monoisotopic (exact) mass is 495 g/mol. The molecular weight excluding hydrogens is 477 g/mol. The fraction of sp³-hybridized carbons (Fsp3) is 0. The number of hydrogen-bond donors (Lipinski definition) is 0. The van der Waals surface area contributed by atoms with E-state index in [9.17, 15) is 0 Å². The van der Waals surface area contributed by atoms with Crippen LogP contribution < -0.4 is 19.5 Å². The van der Waals surface area contributed by atoms with Crippen LogP contribution >= 0.6 is 7.92 Å². The van der Waals surface area contributed by atoms with Gasteiger partial charge in [0.15, 0.2) is 0 Å². The Morgan fingerprint density at radius 1 is 0.560 bits per heavy atom. The molecule has 0 heterocycles. The van der Waals surface area contributed by atoms with E-state index in [2.05, 4.69) is 97.1 Å². The normalized spacial score (nSPS) is 10.6. The standard InChI is InChI=1S/C22H16P.Cu.Sn/c1-3-12-19(13-4-1)23(20-14-5-2-6-15-20)22-17-9-11-18-10-7-8-16-21(18)22;;/h1-15,17H;;/p+1. The molecule has 0 amide bonds. The van der Waals surface area contributed by atoms with Crippen LogP contribution in [0.2, 0.25) is 0 Å². The molecule has 25 heavy (non-hydrogen) atoms. The Morgan fingerprint density at radius 3 is 1.64 bits per heavy atom. The third kappa shape index (κ3) is 3.86. The van der Waals surface area contributed by atoms with Gasteiger partial charge in [-0.3, -0.25) is 0 Å². The van der Waals surface area contributed by atoms with E-state index in [1.54, 1.807) is 0 Å². The van der Waals surface area contributed by atoms with Gasteiger partial charge >= 0.3 is 158 Å². The quantitative estimate of drug-likeness (QED) is 0.303. The SMILES string of the molecule is [Cu].[Sn][c]1cccc2cccc([PH+](c3ccccc3)c3ccccc3)c12. The van der Waals surface area contributed by atoms with Gasteiger partial charge in [-0.05, 0) is 0 Å². The van der Waals surface area contributed by atoms with Crippen molar-refractivity contribution in [3.05, 3.63) is 97.1 Å². The molecule has 4 radical (unpaired) electrons. The van der Waals surface area contributed by atoms with Crippen molar-refractivity contribution in [3.63, 3.8) is 0 Å². The molecule has 4 rings (SSSR count). The van der Waals surface area contributed by atoms with Gasteiger partial charge in [0.25, 0.3) is 0 Å². The van der Waals surface area contributed by atoms with Crippen molar-refractivity contribution in [1.82, 2.24) is 0 Å². The molecule has 0 aliphatic carbocycles. The number of fused-ring (bicyclic) bond motifs is 1. The predicted molar refractivity (Wildman–Crippen MR) is 109 cm³/mol. The zero-order valence-electron chi connectivity index (χ0n) is 13.5. The van der Waals surface area contributed by atoms with E-state index in [1.807, 2.05) is 0 Å². The topological polar surface area (TPSA) is 0 Å². The first-order valence-electron chi connectivity index (χ1n) is 8.06. The summed E-state index contributed by atoms with van der Waals surface area (Å²) in [5.41, 5.74) is 0. The number of rotatable bonds is 3. The first-order chi connectivity index (χ1) is 11.8. The fourth-order valence-corrected chi connectivity index (χ4v) is 7.46. The number of benzene rings is 4. The summed E-state index contributed by atoms with van der Waals surface area (Å²) in [6.45, 7) is 0. The van der Waals surface area contributed by atoms with Gasteiger partial charge in [-0.2, -0.15) is 0 Å². The van der Waals surface area contributed by atoms with Gasteiger partial charge in [0.2, 0.25) is 0 Å². The van der Waals surface area contributed by atoms with Gasteiger partial charge in [-0.15, -0.1) is 0 Å². The van der Waals surface area contributed by atoms with Crippen molar-refractivity contribution >= 4 is 60.7 Å². The Balaban J connectivity index is 0.00000182. The molecule has 0 nitrogen and oxygen atoms in total. The van der Waals surface area contributed by atoms with Gasteiger partial charge in [-0.1, -0.05) is 0 Å². The van der Waals surface area contributed by atoms with Crippen molar-refractivity contribution in [2.24, 2.45) is 0 Å². The van der Waals surface area contributed by atoms with Gasteiger partial charge in [0.1, 0.15) is 0 Å². The fourth-order valence-electron chi connectivity index (χ4n) is 3.24. The molecule has 0 fully saturated rings. The van der Waals surface area contributed by atoms with E-state index in [1.165, 1.54) is 52.8 Å². The molecule has 3 heteroatoms. The molecule has 0 unspecified atom stereocenters. The Labute approximate surface area is 174 Å². The molecule has 0 atom stereocenters. The van der Waals surface area contributed by atoms with Crippen LogP contribution in [0.15, 0.2) is 97.1 Å². The van der Waals surface area contributed by atoms with Crippen molar-refractivity contribution < 1.29 is 17.1 Å². The second-order valence-electron chi connectivity index (χ2n) is 5.82. The van der Waals surface area contributed by atoms with Gasteiger partial charge in [-0.25, -0.2) is 0 Å². The summed E-state index contributed by atoms with van der Waals surface area (Å²) in [6.07, 6.45) is 0. The summed E-state index contributed by atoms with van der Waals surface area (Å²) in [4.78, 5) is 0. The zero-order chi connectivity index (χ0) is 16.4. The molecule has 0 spiro atoms. The summed E-state index contributed by atoms with van der Waals surface area (Å²) in [7, 11) is -1.01. The van der Waals surface area contributed by atoms with Crippen LogP contribution in [0.1, 0.15) is 0 Å². The summed E-state index contributed by atoms with van der Waals surface area (Å²) in [5, 5.41) is 7.21. The molecule has 0 N–H and O–H groups in total. The molecule has 0 aliphatic rings. The van der Waals surface area contributed by atoms with Gasteiger partial charge in [0.05, 0.1) is 0 Å². The van der Waals surface area contributed by atoms with Crippen molar-refractivity contribution in [2.45, 2.75) is 0 Å². The van der Waals surface area contributed by atoms with E-state index in [0.717, 1.165) is 0 Å². The minimum atomic E-state index is -1.01. The van der Waals surface area contributed by atoms with Crippen molar-refractivity contribution in [3.8, 4) is 0 Å². The Bertz CT molecular complexity index is 926. The molecule has 4 aromatic carbocycles. The average Bonchev–Trinajstić information content (AvgIpc) is 2.64. The molecular formula is C22H17CuPSn+. The third-order valence-corrected chi connectivity index (χ3v) is 8.26. The maximum atomic E-state index is 2.34. The van der Waals surface area contributed by atoms with Crippen LogP contribution in [0.4, 0.5) is 0 Å². The van der Waals surface area contributed by atoms with E-state index in [4.69, 9.17) is 0 Å². The van der Waals surface area contributed by atoms with Crippen LogP contribution in [0.5, 0.6) is 0 Å². The minimum absolute atomic E-state index is 0. The first kappa shape index (κ1) is 18.7. The third-order valence-electron chi connectivity index (χ3n) is 4.30. The van der Waals surface area contributed by atoms with Gasteiger partial charge in [0, 0.05) is 17.1 Å². The molecule has 0 saturated carbocycles. The Morgan fingerprint density at radius 2 is 1.08 bits per heavy atom. The predicted octanol–water partition coefficient (Wildman–Crippen LogP) is 3.12. The first-order valence-corrected chi connectivity index (χ1v) is 11.0. The molecule has 0 aliphatic heterocycles. The van der Waals surface area contributed by atoms with Crippen LogP contribution in [0, 0.1) is 0 Å². The zero-order valence-corrected chi connectivity index (χ0v) is 18.3. The van der Waals surface area contributed by atoms with Crippen molar-refractivity contribution in [1.29, 1.82) is 0 Å². The van der Waals surface area contributed by atoms with E-state index >= 15 is 0 Å². The molecule has 4 aromatic rings. The summed E-state index contributed by atoms with van der Waals surface area (Å²) in [6, 6.07) is 35.4.